The molecular weight excluding hydrogens is 254 g/mol. The molecule has 2 aromatic rings. The van der Waals surface area contributed by atoms with Crippen LogP contribution in [0.1, 0.15) is 0 Å². The number of rotatable bonds is 6. The van der Waals surface area contributed by atoms with Gasteiger partial charge in [0.15, 0.2) is 0 Å². The van der Waals surface area contributed by atoms with Crippen LogP contribution in [0.2, 0.25) is 0 Å². The molecule has 0 bridgehead atoms. The van der Waals surface area contributed by atoms with Crippen molar-refractivity contribution in [1.29, 1.82) is 0 Å². The Morgan fingerprint density at radius 3 is 2.60 bits per heavy atom. The zero-order chi connectivity index (χ0) is 14.2. The van der Waals surface area contributed by atoms with E-state index in [4.69, 9.17) is 9.84 Å². The quantitative estimate of drug-likeness (QED) is 0.788. The second-order valence-electron chi connectivity index (χ2n) is 4.06. The first kappa shape index (κ1) is 13.7. The number of aliphatic carboxylic acids is 1. The number of benzene rings is 2. The lowest BCUT2D eigenvalue weighted by Gasteiger charge is -2.08. The van der Waals surface area contributed by atoms with Gasteiger partial charge in [0.05, 0.1) is 0 Å². The summed E-state index contributed by atoms with van der Waals surface area (Å²) in [7, 11) is 0. The van der Waals surface area contributed by atoms with Gasteiger partial charge in [-0.15, -0.1) is 0 Å². The van der Waals surface area contributed by atoms with E-state index in [0.29, 0.717) is 6.54 Å². The molecule has 0 amide bonds. The molecule has 2 aromatic carbocycles. The third kappa shape index (κ3) is 4.49. The smallest absolute Gasteiger partial charge is 0.328 e. The summed E-state index contributed by atoms with van der Waals surface area (Å²) in [6.45, 7) is 0.446. The second-order valence-corrected chi connectivity index (χ2v) is 4.06. The SMILES string of the molecule is O=C(O)/C=C/CNc1cccc(Oc2ccccc2)c1. The molecule has 2 N–H and O–H groups in total. The van der Waals surface area contributed by atoms with E-state index in [9.17, 15) is 4.79 Å². The van der Waals surface area contributed by atoms with Crippen molar-refractivity contribution in [3.05, 3.63) is 66.7 Å². The van der Waals surface area contributed by atoms with Gasteiger partial charge in [-0.1, -0.05) is 30.3 Å². The van der Waals surface area contributed by atoms with Crippen LogP contribution in [0.5, 0.6) is 11.5 Å². The molecule has 2 rings (SSSR count). The molecule has 0 radical (unpaired) electrons. The fraction of sp³-hybridized carbons (Fsp3) is 0.0625. The standard InChI is InChI=1S/C16H15NO3/c18-16(19)10-5-11-17-13-6-4-9-15(12-13)20-14-7-2-1-3-8-14/h1-10,12,17H,11H2,(H,18,19)/b10-5+. The Morgan fingerprint density at radius 2 is 1.85 bits per heavy atom. The number of nitrogens with one attached hydrogen (secondary N) is 1. The van der Waals surface area contributed by atoms with Crippen LogP contribution >= 0.6 is 0 Å². The van der Waals surface area contributed by atoms with Crippen LogP contribution in [0.25, 0.3) is 0 Å². The first-order valence-corrected chi connectivity index (χ1v) is 6.20. The summed E-state index contributed by atoms with van der Waals surface area (Å²) in [4.78, 5) is 10.3. The van der Waals surface area contributed by atoms with Crippen molar-refractivity contribution in [2.24, 2.45) is 0 Å². The molecule has 4 heteroatoms. The number of carboxylic acid groups (broad SMARTS) is 1. The average Bonchev–Trinajstić information content (AvgIpc) is 2.45. The molecule has 20 heavy (non-hydrogen) atoms. The van der Waals surface area contributed by atoms with Crippen LogP contribution in [0.15, 0.2) is 66.7 Å². The number of hydrogen-bond acceptors (Lipinski definition) is 3. The Labute approximate surface area is 117 Å². The van der Waals surface area contributed by atoms with Gasteiger partial charge in [0.1, 0.15) is 11.5 Å². The third-order valence-electron chi connectivity index (χ3n) is 2.50. The molecule has 0 heterocycles. The molecule has 0 aromatic heterocycles. The number of carbonyl (C=O) groups is 1. The van der Waals surface area contributed by atoms with Gasteiger partial charge in [0.2, 0.25) is 0 Å². The van der Waals surface area contributed by atoms with Crippen LogP contribution in [0, 0.1) is 0 Å². The van der Waals surface area contributed by atoms with Gasteiger partial charge in [-0.25, -0.2) is 4.79 Å². The minimum atomic E-state index is -0.951. The highest BCUT2D eigenvalue weighted by Gasteiger charge is 1.98. The largest absolute Gasteiger partial charge is 0.478 e. The van der Waals surface area contributed by atoms with Gasteiger partial charge in [-0.05, 0) is 24.3 Å². The zero-order valence-electron chi connectivity index (χ0n) is 10.8. The number of carboxylic acids is 1. The van der Waals surface area contributed by atoms with Crippen LogP contribution in [-0.4, -0.2) is 17.6 Å². The average molecular weight is 269 g/mol. The summed E-state index contributed by atoms with van der Waals surface area (Å²) in [5, 5.41) is 11.6. The van der Waals surface area contributed by atoms with Crippen LogP contribution in [0.3, 0.4) is 0 Å². The summed E-state index contributed by atoms with van der Waals surface area (Å²) < 4.78 is 5.71. The highest BCUT2D eigenvalue weighted by Crippen LogP contribution is 2.23. The van der Waals surface area contributed by atoms with Crippen molar-refractivity contribution in [3.8, 4) is 11.5 Å². The van der Waals surface area contributed by atoms with E-state index in [1.54, 1.807) is 6.08 Å². The molecule has 0 aliphatic rings. The molecule has 0 atom stereocenters. The van der Waals surface area contributed by atoms with Gasteiger partial charge in [-0.2, -0.15) is 0 Å². The monoisotopic (exact) mass is 269 g/mol. The number of para-hydroxylation sites is 1. The lowest BCUT2D eigenvalue weighted by molar-refractivity contribution is -0.131. The number of hydrogen-bond donors (Lipinski definition) is 2. The molecule has 0 fully saturated rings. The summed E-state index contributed by atoms with van der Waals surface area (Å²) in [5.41, 5.74) is 0.869. The third-order valence-corrected chi connectivity index (χ3v) is 2.50. The molecule has 0 saturated carbocycles. The Hall–Kier alpha value is -2.75. The maximum atomic E-state index is 10.3. The van der Waals surface area contributed by atoms with Gasteiger partial charge in [0.25, 0.3) is 0 Å². The topological polar surface area (TPSA) is 58.6 Å². The fourth-order valence-electron chi connectivity index (χ4n) is 1.63. The molecule has 0 saturated heterocycles. The van der Waals surface area contributed by atoms with E-state index in [2.05, 4.69) is 5.32 Å². The van der Waals surface area contributed by atoms with E-state index < -0.39 is 5.97 Å². The predicted octanol–water partition coefficient (Wildman–Crippen LogP) is 3.53. The van der Waals surface area contributed by atoms with Crippen molar-refractivity contribution in [1.82, 2.24) is 0 Å². The van der Waals surface area contributed by atoms with E-state index >= 15 is 0 Å². The Bertz CT molecular complexity index is 594. The highest BCUT2D eigenvalue weighted by molar-refractivity contribution is 5.79. The Morgan fingerprint density at radius 1 is 1.10 bits per heavy atom. The van der Waals surface area contributed by atoms with Crippen LogP contribution in [-0.2, 0) is 4.79 Å². The van der Waals surface area contributed by atoms with Crippen molar-refractivity contribution in [3.63, 3.8) is 0 Å². The number of ether oxygens (including phenoxy) is 1. The lowest BCUT2D eigenvalue weighted by Crippen LogP contribution is -1.99. The number of anilines is 1. The minimum Gasteiger partial charge on any atom is -0.478 e. The Kier molecular flexibility index (Phi) is 4.78. The van der Waals surface area contributed by atoms with Gasteiger partial charge in [-0.3, -0.25) is 0 Å². The summed E-state index contributed by atoms with van der Waals surface area (Å²) in [6, 6.07) is 17.0. The zero-order valence-corrected chi connectivity index (χ0v) is 10.8. The molecule has 102 valence electrons. The van der Waals surface area contributed by atoms with Crippen molar-refractivity contribution in [2.45, 2.75) is 0 Å². The van der Waals surface area contributed by atoms with Crippen molar-refractivity contribution < 1.29 is 14.6 Å². The maximum Gasteiger partial charge on any atom is 0.328 e. The second kappa shape index (κ2) is 6.99. The molecule has 4 nitrogen and oxygen atoms in total. The minimum absolute atomic E-state index is 0.446. The Balaban J connectivity index is 1.96. The molecule has 0 spiro atoms. The molecule has 0 aliphatic carbocycles. The molecule has 0 aliphatic heterocycles. The first-order chi connectivity index (χ1) is 9.74. The van der Waals surface area contributed by atoms with Crippen LogP contribution in [0.4, 0.5) is 5.69 Å². The van der Waals surface area contributed by atoms with E-state index in [-0.39, 0.29) is 0 Å². The molecule has 0 unspecified atom stereocenters. The highest BCUT2D eigenvalue weighted by atomic mass is 16.5. The van der Waals surface area contributed by atoms with Gasteiger partial charge >= 0.3 is 5.97 Å². The lowest BCUT2D eigenvalue weighted by atomic mass is 10.3. The first-order valence-electron chi connectivity index (χ1n) is 6.20. The maximum absolute atomic E-state index is 10.3. The summed E-state index contributed by atoms with van der Waals surface area (Å²) in [5.74, 6) is 0.548. The van der Waals surface area contributed by atoms with E-state index in [1.165, 1.54) is 0 Å². The van der Waals surface area contributed by atoms with Gasteiger partial charge < -0.3 is 15.2 Å². The van der Waals surface area contributed by atoms with E-state index in [1.807, 2.05) is 54.6 Å². The van der Waals surface area contributed by atoms with Crippen LogP contribution < -0.4 is 10.1 Å². The van der Waals surface area contributed by atoms with Crippen molar-refractivity contribution in [2.75, 3.05) is 11.9 Å². The molecular formula is C16H15NO3. The predicted molar refractivity (Wildman–Crippen MR) is 78.2 cm³/mol. The van der Waals surface area contributed by atoms with Gasteiger partial charge in [0, 0.05) is 24.4 Å². The fourth-order valence-corrected chi connectivity index (χ4v) is 1.63. The van der Waals surface area contributed by atoms with Crippen molar-refractivity contribution >= 4 is 11.7 Å². The summed E-state index contributed by atoms with van der Waals surface area (Å²) >= 11 is 0. The van der Waals surface area contributed by atoms with E-state index in [0.717, 1.165) is 23.3 Å². The summed E-state index contributed by atoms with van der Waals surface area (Å²) in [6.07, 6.45) is 2.66. The normalized spacial score (nSPS) is 10.4.